The molecule has 0 amide bonds. The fourth-order valence-electron chi connectivity index (χ4n) is 10.9. The van der Waals surface area contributed by atoms with Gasteiger partial charge in [0.1, 0.15) is 11.5 Å². The van der Waals surface area contributed by atoms with Crippen LogP contribution in [-0.4, -0.2) is 81.8 Å². The fourth-order valence-corrected chi connectivity index (χ4v) is 10.9. The number of pyridine rings is 2. The molecule has 4 fully saturated rings. The van der Waals surface area contributed by atoms with Gasteiger partial charge >= 0.3 is 11.9 Å². The summed E-state index contributed by atoms with van der Waals surface area (Å²) in [6.07, 6.45) is 15.9. The standard InChI is InChI=1S/C29H42N2O3.C27H38N2O3/c1-5-29(3,4)23-8-11-25(12-9-23)34-26-13-14-27-22(19-26)7-10-24(30-27)20-31-17-15-21(16-18-31)28(32)33-6-2;1-4-27(2,3)21-6-9-23(10-7-21)32-24-11-12-25-20(17-24)5-8-22(28-25)18-29-15-13-19(14-16-29)26(30)31/h7,10,13-14,19,21,23,25H,5-6,8-9,11-12,15-18,20H2,1-4H3;5,8,11-12,17,19,21,23H,4,6-7,9-10,13-16,18H2,1-3H3,(H,30,31). The first-order valence-electron chi connectivity index (χ1n) is 25.7. The molecular formula is C56H80N4O6. The van der Waals surface area contributed by atoms with Gasteiger partial charge in [0.2, 0.25) is 0 Å². The van der Waals surface area contributed by atoms with Crippen LogP contribution in [0.25, 0.3) is 21.8 Å². The van der Waals surface area contributed by atoms with Crippen molar-refractivity contribution in [3.05, 3.63) is 72.1 Å². The predicted molar refractivity (Wildman–Crippen MR) is 265 cm³/mol. The number of hydrogen-bond acceptors (Lipinski definition) is 9. The van der Waals surface area contributed by atoms with Gasteiger partial charge in [-0.25, -0.2) is 0 Å². The molecule has 0 unspecified atom stereocenters. The Kier molecular flexibility index (Phi) is 17.0. The molecule has 0 atom stereocenters. The van der Waals surface area contributed by atoms with Crippen molar-refractivity contribution in [2.45, 2.75) is 164 Å². The number of hydrogen-bond donors (Lipinski definition) is 1. The zero-order chi connectivity index (χ0) is 46.8. The molecule has 2 aliphatic carbocycles. The van der Waals surface area contributed by atoms with Gasteiger partial charge in [-0.05, 0) is 181 Å². The summed E-state index contributed by atoms with van der Waals surface area (Å²) < 4.78 is 17.9. The first-order chi connectivity index (χ1) is 31.7. The summed E-state index contributed by atoms with van der Waals surface area (Å²) in [5.41, 5.74) is 4.99. The maximum Gasteiger partial charge on any atom is 0.309 e. The number of aromatic nitrogens is 2. The number of rotatable bonds is 15. The summed E-state index contributed by atoms with van der Waals surface area (Å²) in [7, 11) is 0. The van der Waals surface area contributed by atoms with Crippen LogP contribution in [0.3, 0.4) is 0 Å². The average Bonchev–Trinajstić information content (AvgIpc) is 3.32. The number of piperidine rings is 2. The first kappa shape index (κ1) is 49.6. The summed E-state index contributed by atoms with van der Waals surface area (Å²) in [6.45, 7) is 21.6. The highest BCUT2D eigenvalue weighted by Gasteiger charge is 2.34. The van der Waals surface area contributed by atoms with Crippen molar-refractivity contribution in [2.24, 2.45) is 34.5 Å². The summed E-state index contributed by atoms with van der Waals surface area (Å²) in [4.78, 5) is 37.5. The van der Waals surface area contributed by atoms with Crippen molar-refractivity contribution in [3.63, 3.8) is 0 Å². The highest BCUT2D eigenvalue weighted by Crippen LogP contribution is 2.43. The molecule has 0 radical (unpaired) electrons. The second-order valence-electron chi connectivity index (χ2n) is 21.4. The van der Waals surface area contributed by atoms with Gasteiger partial charge in [-0.15, -0.1) is 0 Å². The van der Waals surface area contributed by atoms with Crippen molar-refractivity contribution < 1.29 is 28.9 Å². The molecule has 360 valence electrons. The van der Waals surface area contributed by atoms with E-state index in [0.717, 1.165) is 147 Å². The topological polar surface area (TPSA) is 114 Å². The molecule has 8 rings (SSSR count). The number of carbonyl (C=O) groups is 2. The fraction of sp³-hybridized carbons (Fsp3) is 0.643. The van der Waals surface area contributed by atoms with E-state index in [0.29, 0.717) is 29.6 Å². The van der Waals surface area contributed by atoms with Crippen LogP contribution in [-0.2, 0) is 27.4 Å². The van der Waals surface area contributed by atoms with Gasteiger partial charge in [0, 0.05) is 23.9 Å². The van der Waals surface area contributed by atoms with Gasteiger partial charge in [0.15, 0.2) is 0 Å². The van der Waals surface area contributed by atoms with E-state index in [1.807, 2.05) is 6.92 Å². The zero-order valence-electron chi connectivity index (χ0n) is 41.4. The van der Waals surface area contributed by atoms with Crippen molar-refractivity contribution in [3.8, 4) is 11.5 Å². The first-order valence-corrected chi connectivity index (χ1v) is 25.7. The SMILES string of the molecule is CCC(C)(C)C1CCC(Oc2ccc3nc(CN4CCC(C(=O)O)CC4)ccc3c2)CC1.CCOC(=O)C1CCN(Cc2ccc3cc(OC4CCC(C(C)(C)CC)CC4)ccc3n2)CC1. The van der Waals surface area contributed by atoms with Gasteiger partial charge in [-0.1, -0.05) is 66.5 Å². The van der Waals surface area contributed by atoms with Gasteiger partial charge in [-0.2, -0.15) is 0 Å². The van der Waals surface area contributed by atoms with Gasteiger partial charge < -0.3 is 19.3 Å². The number of fused-ring (bicyclic) bond motifs is 2. The minimum atomic E-state index is -0.663. The van der Waals surface area contributed by atoms with Crippen LogP contribution in [0, 0.1) is 34.5 Å². The maximum absolute atomic E-state index is 12.0. The Morgan fingerprint density at radius 1 is 0.576 bits per heavy atom. The number of benzene rings is 2. The van der Waals surface area contributed by atoms with E-state index in [9.17, 15) is 14.7 Å². The molecular weight excluding hydrogens is 825 g/mol. The molecule has 1 N–H and O–H groups in total. The molecule has 4 aliphatic rings. The monoisotopic (exact) mass is 905 g/mol. The Hall–Kier alpha value is -4.28. The summed E-state index contributed by atoms with van der Waals surface area (Å²) in [5, 5.41) is 11.4. The normalized spacial score (nSPS) is 23.0. The summed E-state index contributed by atoms with van der Waals surface area (Å²) in [5.74, 6) is 2.68. The summed E-state index contributed by atoms with van der Waals surface area (Å²) in [6, 6.07) is 21.1. The number of likely N-dealkylation sites (tertiary alicyclic amines) is 2. The maximum atomic E-state index is 12.0. The molecule has 2 aromatic carbocycles. The number of esters is 1. The Morgan fingerprint density at radius 2 is 0.985 bits per heavy atom. The number of ether oxygens (including phenoxy) is 3. The second kappa shape index (κ2) is 22.7. The van der Waals surface area contributed by atoms with Crippen LogP contribution in [0.15, 0.2) is 60.7 Å². The summed E-state index contributed by atoms with van der Waals surface area (Å²) >= 11 is 0. The Morgan fingerprint density at radius 3 is 1.36 bits per heavy atom. The Labute approximate surface area is 395 Å². The molecule has 10 nitrogen and oxygen atoms in total. The van der Waals surface area contributed by atoms with Crippen LogP contribution in [0.1, 0.15) is 150 Å². The number of carboxylic acids is 1. The molecule has 10 heteroatoms. The van der Waals surface area contributed by atoms with E-state index >= 15 is 0 Å². The highest BCUT2D eigenvalue weighted by atomic mass is 16.5. The number of carbonyl (C=O) groups excluding carboxylic acids is 1. The highest BCUT2D eigenvalue weighted by molar-refractivity contribution is 5.81. The number of nitrogens with zero attached hydrogens (tertiary/aromatic N) is 4. The van der Waals surface area contributed by atoms with E-state index in [4.69, 9.17) is 24.2 Å². The Balaban J connectivity index is 0.000000197. The molecule has 4 aromatic rings. The van der Waals surface area contributed by atoms with E-state index in [1.165, 1.54) is 38.5 Å². The molecule has 66 heavy (non-hydrogen) atoms. The van der Waals surface area contributed by atoms with E-state index in [1.54, 1.807) is 0 Å². The lowest BCUT2D eigenvalue weighted by atomic mass is 9.69. The number of aliphatic carboxylic acids is 1. The van der Waals surface area contributed by atoms with Crippen LogP contribution in [0.2, 0.25) is 0 Å². The third kappa shape index (κ3) is 13.2. The van der Waals surface area contributed by atoms with Gasteiger partial charge in [0.25, 0.3) is 0 Å². The van der Waals surface area contributed by atoms with Crippen molar-refractivity contribution in [2.75, 3.05) is 32.8 Å². The molecule has 0 spiro atoms. The van der Waals surface area contributed by atoms with Crippen LogP contribution in [0.5, 0.6) is 11.5 Å². The quantitative estimate of drug-likeness (QED) is 0.116. The van der Waals surface area contributed by atoms with Gasteiger partial charge in [-0.3, -0.25) is 29.4 Å². The number of carboxylic acid groups (broad SMARTS) is 1. The van der Waals surface area contributed by atoms with Crippen LogP contribution in [0.4, 0.5) is 0 Å². The smallest absolute Gasteiger partial charge is 0.309 e. The zero-order valence-corrected chi connectivity index (χ0v) is 41.4. The minimum absolute atomic E-state index is 0.0400. The van der Waals surface area contributed by atoms with Crippen LogP contribution < -0.4 is 9.47 Å². The lowest BCUT2D eigenvalue weighted by Crippen LogP contribution is -2.36. The molecule has 2 saturated carbocycles. The third-order valence-corrected chi connectivity index (χ3v) is 16.3. The van der Waals surface area contributed by atoms with Crippen molar-refractivity contribution in [1.29, 1.82) is 0 Å². The molecule has 2 aromatic heterocycles. The van der Waals surface area contributed by atoms with Crippen molar-refractivity contribution in [1.82, 2.24) is 19.8 Å². The second-order valence-corrected chi connectivity index (χ2v) is 21.4. The van der Waals surface area contributed by atoms with Gasteiger partial charge in [0.05, 0.1) is 53.1 Å². The van der Waals surface area contributed by atoms with E-state index in [-0.39, 0.29) is 17.8 Å². The average molecular weight is 905 g/mol. The molecule has 4 heterocycles. The van der Waals surface area contributed by atoms with Crippen molar-refractivity contribution >= 4 is 33.7 Å². The van der Waals surface area contributed by atoms with E-state index < -0.39 is 5.97 Å². The van der Waals surface area contributed by atoms with Crippen LogP contribution >= 0.6 is 0 Å². The third-order valence-electron chi connectivity index (χ3n) is 16.3. The minimum Gasteiger partial charge on any atom is -0.490 e. The largest absolute Gasteiger partial charge is 0.490 e. The molecule has 2 aliphatic heterocycles. The molecule has 0 bridgehead atoms. The molecule has 2 saturated heterocycles. The lowest BCUT2D eigenvalue weighted by molar-refractivity contribution is -0.149. The Bertz CT molecular complexity index is 2190. The predicted octanol–water partition coefficient (Wildman–Crippen LogP) is 12.3. The lowest BCUT2D eigenvalue weighted by Gasteiger charge is -2.38. The van der Waals surface area contributed by atoms with E-state index in [2.05, 4.69) is 112 Å².